The fraction of sp³-hybridized carbons (Fsp3) is 0.316. The lowest BCUT2D eigenvalue weighted by atomic mass is 10.1. The summed E-state index contributed by atoms with van der Waals surface area (Å²) in [6.45, 7) is -0.597. The van der Waals surface area contributed by atoms with E-state index in [1.807, 2.05) is 4.90 Å². The first-order valence-corrected chi connectivity index (χ1v) is 8.32. The van der Waals surface area contributed by atoms with Crippen LogP contribution in [0.5, 0.6) is 5.75 Å². The van der Waals surface area contributed by atoms with Gasteiger partial charge in [0.05, 0.1) is 11.4 Å². The van der Waals surface area contributed by atoms with Gasteiger partial charge in [-0.1, -0.05) is 12.1 Å². The standard InChI is InChI=1S/C19H18F4N2O2/c1-24-17-10-14(20)5-6-16(17)25(8-7-18(24)26)11-13-3-2-4-15(9-13)27-12-19(21,22)23/h2-6,9-10H,7-8,11-12H2,1H3. The summed E-state index contributed by atoms with van der Waals surface area (Å²) in [6, 6.07) is 10.6. The third-order valence-corrected chi connectivity index (χ3v) is 4.28. The Morgan fingerprint density at radius 3 is 2.63 bits per heavy atom. The van der Waals surface area contributed by atoms with Gasteiger partial charge in [-0.25, -0.2) is 4.39 Å². The van der Waals surface area contributed by atoms with E-state index in [2.05, 4.69) is 0 Å². The zero-order valence-electron chi connectivity index (χ0n) is 14.6. The number of benzene rings is 2. The molecule has 1 amide bonds. The van der Waals surface area contributed by atoms with Crippen molar-refractivity contribution in [3.63, 3.8) is 0 Å². The molecule has 0 atom stereocenters. The Labute approximate surface area is 153 Å². The number of halogens is 4. The van der Waals surface area contributed by atoms with E-state index in [0.29, 0.717) is 24.5 Å². The van der Waals surface area contributed by atoms with Crippen LogP contribution in [0.2, 0.25) is 0 Å². The molecule has 0 fully saturated rings. The lowest BCUT2D eigenvalue weighted by Gasteiger charge is -2.25. The summed E-state index contributed by atoms with van der Waals surface area (Å²) in [6.07, 6.45) is -4.16. The van der Waals surface area contributed by atoms with Crippen LogP contribution in [0.15, 0.2) is 42.5 Å². The molecule has 3 rings (SSSR count). The highest BCUT2D eigenvalue weighted by Crippen LogP contribution is 2.34. The molecule has 0 radical (unpaired) electrons. The SMILES string of the molecule is CN1C(=O)CCN(Cc2cccc(OCC(F)(F)F)c2)c2ccc(F)cc21. The highest BCUT2D eigenvalue weighted by atomic mass is 19.4. The van der Waals surface area contributed by atoms with Gasteiger partial charge in [0.15, 0.2) is 6.61 Å². The summed E-state index contributed by atoms with van der Waals surface area (Å²) in [5.74, 6) is -0.461. The van der Waals surface area contributed by atoms with Crippen LogP contribution in [0.25, 0.3) is 0 Å². The van der Waals surface area contributed by atoms with Crippen molar-refractivity contribution in [1.82, 2.24) is 0 Å². The minimum Gasteiger partial charge on any atom is -0.484 e. The van der Waals surface area contributed by atoms with Crippen LogP contribution < -0.4 is 14.5 Å². The number of fused-ring (bicyclic) bond motifs is 1. The van der Waals surface area contributed by atoms with E-state index in [9.17, 15) is 22.4 Å². The fourth-order valence-corrected chi connectivity index (χ4v) is 2.97. The van der Waals surface area contributed by atoms with Gasteiger partial charge >= 0.3 is 6.18 Å². The van der Waals surface area contributed by atoms with Crippen molar-refractivity contribution >= 4 is 17.3 Å². The van der Waals surface area contributed by atoms with Gasteiger partial charge in [-0.2, -0.15) is 13.2 Å². The molecule has 27 heavy (non-hydrogen) atoms. The zero-order valence-corrected chi connectivity index (χ0v) is 14.6. The summed E-state index contributed by atoms with van der Waals surface area (Å²) in [7, 11) is 1.59. The van der Waals surface area contributed by atoms with Crippen LogP contribution in [0.4, 0.5) is 28.9 Å². The van der Waals surface area contributed by atoms with E-state index in [4.69, 9.17) is 4.74 Å². The third kappa shape index (κ3) is 4.69. The summed E-state index contributed by atoms with van der Waals surface area (Å²) < 4.78 is 55.4. The first kappa shape index (κ1) is 19.0. The highest BCUT2D eigenvalue weighted by molar-refractivity contribution is 5.98. The van der Waals surface area contributed by atoms with E-state index < -0.39 is 18.6 Å². The van der Waals surface area contributed by atoms with Crippen molar-refractivity contribution in [2.24, 2.45) is 0 Å². The molecule has 1 heterocycles. The van der Waals surface area contributed by atoms with Crippen LogP contribution in [-0.2, 0) is 11.3 Å². The van der Waals surface area contributed by atoms with E-state index in [-0.39, 0.29) is 18.1 Å². The van der Waals surface area contributed by atoms with Crippen molar-refractivity contribution in [3.05, 3.63) is 53.8 Å². The van der Waals surface area contributed by atoms with E-state index in [1.54, 1.807) is 25.2 Å². The summed E-state index contributed by atoms with van der Waals surface area (Å²) in [5, 5.41) is 0. The molecule has 0 aromatic heterocycles. The van der Waals surface area contributed by atoms with Crippen LogP contribution in [-0.4, -0.2) is 32.3 Å². The molecule has 4 nitrogen and oxygen atoms in total. The number of rotatable bonds is 4. The predicted octanol–water partition coefficient (Wildman–Crippen LogP) is 4.14. The highest BCUT2D eigenvalue weighted by Gasteiger charge is 2.28. The Morgan fingerprint density at radius 2 is 1.89 bits per heavy atom. The van der Waals surface area contributed by atoms with E-state index in [1.165, 1.54) is 29.2 Å². The lowest BCUT2D eigenvalue weighted by Crippen LogP contribution is -2.26. The summed E-state index contributed by atoms with van der Waals surface area (Å²) in [4.78, 5) is 15.5. The molecule has 8 heteroatoms. The monoisotopic (exact) mass is 382 g/mol. The van der Waals surface area contributed by atoms with Gasteiger partial charge in [-0.05, 0) is 35.9 Å². The molecular formula is C19H18F4N2O2. The molecule has 0 bridgehead atoms. The van der Waals surface area contributed by atoms with Crippen molar-refractivity contribution in [3.8, 4) is 5.75 Å². The quantitative estimate of drug-likeness (QED) is 0.745. The summed E-state index contributed by atoms with van der Waals surface area (Å²) in [5.41, 5.74) is 1.87. The first-order chi connectivity index (χ1) is 12.7. The van der Waals surface area contributed by atoms with Gasteiger partial charge in [0.2, 0.25) is 5.91 Å². The second-order valence-electron chi connectivity index (χ2n) is 6.31. The Hall–Kier alpha value is -2.77. The number of nitrogens with zero attached hydrogens (tertiary/aromatic N) is 2. The minimum absolute atomic E-state index is 0.118. The van der Waals surface area contributed by atoms with Crippen molar-refractivity contribution in [2.45, 2.75) is 19.1 Å². The number of hydrogen-bond donors (Lipinski definition) is 0. The average molecular weight is 382 g/mol. The molecule has 144 valence electrons. The molecule has 2 aromatic carbocycles. The number of carbonyl (C=O) groups is 1. The van der Waals surface area contributed by atoms with Crippen LogP contribution in [0.3, 0.4) is 0 Å². The van der Waals surface area contributed by atoms with Gasteiger partial charge in [0.25, 0.3) is 0 Å². The smallest absolute Gasteiger partial charge is 0.422 e. The largest absolute Gasteiger partial charge is 0.484 e. The van der Waals surface area contributed by atoms with Crippen LogP contribution in [0.1, 0.15) is 12.0 Å². The number of alkyl halides is 3. The normalized spacial score (nSPS) is 14.8. The molecular weight excluding hydrogens is 364 g/mol. The first-order valence-electron chi connectivity index (χ1n) is 8.32. The average Bonchev–Trinajstić information content (AvgIpc) is 2.72. The molecule has 0 saturated carbocycles. The topological polar surface area (TPSA) is 32.8 Å². The molecule has 0 aliphatic carbocycles. The number of carbonyl (C=O) groups excluding carboxylic acids is 1. The second kappa shape index (κ2) is 7.46. The number of hydrogen-bond acceptors (Lipinski definition) is 3. The molecule has 1 aliphatic rings. The van der Waals surface area contributed by atoms with Gasteiger partial charge in [-0.3, -0.25) is 4.79 Å². The van der Waals surface area contributed by atoms with Crippen molar-refractivity contribution < 1.29 is 27.1 Å². The van der Waals surface area contributed by atoms with E-state index in [0.717, 1.165) is 5.56 Å². The van der Waals surface area contributed by atoms with Crippen LogP contribution in [0, 0.1) is 5.82 Å². The van der Waals surface area contributed by atoms with Gasteiger partial charge in [0, 0.05) is 26.6 Å². The maximum absolute atomic E-state index is 13.7. The van der Waals surface area contributed by atoms with Crippen molar-refractivity contribution in [2.75, 3.05) is 30.0 Å². The number of anilines is 2. The second-order valence-corrected chi connectivity index (χ2v) is 6.31. The lowest BCUT2D eigenvalue weighted by molar-refractivity contribution is -0.153. The zero-order chi connectivity index (χ0) is 19.6. The minimum atomic E-state index is -4.41. The molecule has 0 saturated heterocycles. The van der Waals surface area contributed by atoms with Crippen molar-refractivity contribution in [1.29, 1.82) is 0 Å². The summed E-state index contributed by atoms with van der Waals surface area (Å²) >= 11 is 0. The Balaban J connectivity index is 1.83. The maximum atomic E-state index is 13.7. The Bertz CT molecular complexity index is 839. The molecule has 2 aromatic rings. The third-order valence-electron chi connectivity index (χ3n) is 4.28. The predicted molar refractivity (Wildman–Crippen MR) is 93.5 cm³/mol. The van der Waals surface area contributed by atoms with Gasteiger partial charge in [-0.15, -0.1) is 0 Å². The molecule has 1 aliphatic heterocycles. The van der Waals surface area contributed by atoms with Gasteiger partial charge < -0.3 is 14.5 Å². The van der Waals surface area contributed by atoms with Gasteiger partial charge in [0.1, 0.15) is 11.6 Å². The Kier molecular flexibility index (Phi) is 5.25. The Morgan fingerprint density at radius 1 is 1.11 bits per heavy atom. The van der Waals surface area contributed by atoms with E-state index >= 15 is 0 Å². The number of amides is 1. The fourth-order valence-electron chi connectivity index (χ4n) is 2.97. The molecule has 0 N–H and O–H groups in total. The van der Waals surface area contributed by atoms with Crippen LogP contribution >= 0.6 is 0 Å². The number of ether oxygens (including phenoxy) is 1. The molecule has 0 unspecified atom stereocenters. The molecule has 0 spiro atoms. The maximum Gasteiger partial charge on any atom is 0.422 e.